The molecular formula is C14H31NO4Si. The second-order valence-corrected chi connectivity index (χ2v) is 8.86. The molecule has 0 radical (unpaired) electrons. The summed E-state index contributed by atoms with van der Waals surface area (Å²) in [5.41, 5.74) is -0.446. The van der Waals surface area contributed by atoms with E-state index in [-0.39, 0.29) is 18.3 Å². The molecule has 0 bridgehead atoms. The predicted octanol–water partition coefficient (Wildman–Crippen LogP) is 2.19. The van der Waals surface area contributed by atoms with E-state index in [1.165, 1.54) is 0 Å². The zero-order chi connectivity index (χ0) is 15.4. The summed E-state index contributed by atoms with van der Waals surface area (Å²) in [6, 6.07) is 0. The molecule has 1 aliphatic rings. The summed E-state index contributed by atoms with van der Waals surface area (Å²) in [6.45, 7) is 16.5. The van der Waals surface area contributed by atoms with E-state index in [2.05, 4.69) is 5.32 Å². The second-order valence-electron chi connectivity index (χ2n) is 6.46. The zero-order valence-electron chi connectivity index (χ0n) is 14.0. The lowest BCUT2D eigenvalue weighted by atomic mass is 10.0. The van der Waals surface area contributed by atoms with Crippen LogP contribution in [0.1, 0.15) is 41.5 Å². The van der Waals surface area contributed by atoms with Gasteiger partial charge in [0, 0.05) is 31.8 Å². The molecule has 1 N–H and O–H groups in total. The smallest absolute Gasteiger partial charge is 0.373 e. The molecule has 0 aromatic carbocycles. The lowest BCUT2D eigenvalue weighted by Gasteiger charge is -2.42. The van der Waals surface area contributed by atoms with Crippen LogP contribution in [-0.4, -0.2) is 52.4 Å². The third-order valence-corrected chi connectivity index (χ3v) is 5.75. The van der Waals surface area contributed by atoms with Gasteiger partial charge in [-0.25, -0.2) is 0 Å². The Kier molecular flexibility index (Phi) is 6.62. The van der Waals surface area contributed by atoms with Gasteiger partial charge in [-0.3, -0.25) is 0 Å². The lowest BCUT2D eigenvalue weighted by Crippen LogP contribution is -2.58. The molecule has 6 heteroatoms. The van der Waals surface area contributed by atoms with Gasteiger partial charge < -0.3 is 23.3 Å². The molecule has 1 atom stereocenters. The molecule has 1 saturated heterocycles. The summed E-state index contributed by atoms with van der Waals surface area (Å²) in [5.74, 6) is 0. The van der Waals surface area contributed by atoms with Crippen LogP contribution >= 0.6 is 0 Å². The van der Waals surface area contributed by atoms with Crippen molar-refractivity contribution in [1.82, 2.24) is 5.32 Å². The molecule has 1 fully saturated rings. The van der Waals surface area contributed by atoms with E-state index < -0.39 is 14.4 Å². The summed E-state index contributed by atoms with van der Waals surface area (Å²) < 4.78 is 24.1. The predicted molar refractivity (Wildman–Crippen MR) is 81.8 cm³/mol. The first-order chi connectivity index (χ1) is 9.15. The van der Waals surface area contributed by atoms with Gasteiger partial charge in [-0.15, -0.1) is 0 Å². The normalized spacial score (nSPS) is 21.8. The number of hydrogen-bond acceptors (Lipinski definition) is 5. The quantitative estimate of drug-likeness (QED) is 0.731. The first-order valence-corrected chi connectivity index (χ1v) is 9.75. The summed E-state index contributed by atoms with van der Waals surface area (Å²) >= 11 is 0. The minimum absolute atomic E-state index is 0.00889. The third-order valence-electron chi connectivity index (χ3n) is 3.05. The van der Waals surface area contributed by atoms with E-state index in [1.54, 1.807) is 0 Å². The van der Waals surface area contributed by atoms with E-state index in [0.717, 1.165) is 13.1 Å². The average Bonchev–Trinajstić information content (AvgIpc) is 2.26. The summed E-state index contributed by atoms with van der Waals surface area (Å²) in [6.07, 6.45) is 0.160. The number of hydrogen-bond donors (Lipinski definition) is 1. The molecule has 0 aromatic heterocycles. The molecule has 0 aliphatic carbocycles. The standard InChI is InChI=1S/C14H31NO4Si/c1-11(2)17-20(7,18-12(3)4)19-14(5,6)13-10-15-8-9-16-13/h11-13,15H,8-10H2,1-7H3. The summed E-state index contributed by atoms with van der Waals surface area (Å²) in [5, 5.41) is 3.34. The highest BCUT2D eigenvalue weighted by atomic mass is 28.4. The highest BCUT2D eigenvalue weighted by Gasteiger charge is 2.46. The topological polar surface area (TPSA) is 49.0 Å². The molecule has 0 amide bonds. The van der Waals surface area contributed by atoms with Crippen LogP contribution in [0, 0.1) is 0 Å². The van der Waals surface area contributed by atoms with Crippen LogP contribution < -0.4 is 5.32 Å². The fourth-order valence-corrected chi connectivity index (χ4v) is 5.44. The van der Waals surface area contributed by atoms with E-state index in [9.17, 15) is 0 Å². The lowest BCUT2D eigenvalue weighted by molar-refractivity contribution is -0.121. The molecular weight excluding hydrogens is 274 g/mol. The van der Waals surface area contributed by atoms with E-state index in [4.69, 9.17) is 18.0 Å². The van der Waals surface area contributed by atoms with Crippen LogP contribution in [0.2, 0.25) is 6.55 Å². The fraction of sp³-hybridized carbons (Fsp3) is 1.00. The van der Waals surface area contributed by atoms with Crippen LogP contribution in [0.4, 0.5) is 0 Å². The molecule has 0 spiro atoms. The molecule has 1 heterocycles. The Labute approximate surface area is 124 Å². The van der Waals surface area contributed by atoms with Crippen LogP contribution in [0.3, 0.4) is 0 Å². The van der Waals surface area contributed by atoms with Crippen molar-refractivity contribution in [2.45, 2.75) is 72.0 Å². The minimum atomic E-state index is -2.70. The van der Waals surface area contributed by atoms with Crippen LogP contribution in [0.15, 0.2) is 0 Å². The Morgan fingerprint density at radius 1 is 1.15 bits per heavy atom. The van der Waals surface area contributed by atoms with Crippen molar-refractivity contribution in [3.05, 3.63) is 0 Å². The average molecular weight is 305 g/mol. The van der Waals surface area contributed by atoms with Gasteiger partial charge in [-0.2, -0.15) is 0 Å². The number of morpholine rings is 1. The highest BCUT2D eigenvalue weighted by Crippen LogP contribution is 2.27. The van der Waals surface area contributed by atoms with Gasteiger partial charge >= 0.3 is 8.80 Å². The maximum absolute atomic E-state index is 6.32. The highest BCUT2D eigenvalue weighted by molar-refractivity contribution is 6.59. The third kappa shape index (κ3) is 5.79. The fourth-order valence-electron chi connectivity index (χ4n) is 2.49. The molecule has 0 saturated carbocycles. The Balaban J connectivity index is 2.75. The zero-order valence-corrected chi connectivity index (χ0v) is 15.0. The second kappa shape index (κ2) is 7.33. The van der Waals surface area contributed by atoms with Crippen LogP contribution in [-0.2, 0) is 18.0 Å². The van der Waals surface area contributed by atoms with Crippen molar-refractivity contribution in [3.8, 4) is 0 Å². The van der Waals surface area contributed by atoms with Crippen molar-refractivity contribution >= 4 is 8.80 Å². The van der Waals surface area contributed by atoms with Crippen molar-refractivity contribution in [1.29, 1.82) is 0 Å². The monoisotopic (exact) mass is 305 g/mol. The first kappa shape index (κ1) is 18.1. The van der Waals surface area contributed by atoms with Crippen molar-refractivity contribution < 1.29 is 18.0 Å². The van der Waals surface area contributed by atoms with Crippen LogP contribution in [0.25, 0.3) is 0 Å². The molecule has 5 nitrogen and oxygen atoms in total. The number of ether oxygens (including phenoxy) is 1. The summed E-state index contributed by atoms with van der Waals surface area (Å²) in [7, 11) is -2.70. The maximum Gasteiger partial charge on any atom is 0.498 e. The Bertz CT molecular complexity index is 281. The molecule has 20 heavy (non-hydrogen) atoms. The van der Waals surface area contributed by atoms with E-state index >= 15 is 0 Å². The number of rotatable bonds is 7. The van der Waals surface area contributed by atoms with Gasteiger partial charge in [0.15, 0.2) is 0 Å². The van der Waals surface area contributed by atoms with Gasteiger partial charge in [0.1, 0.15) is 0 Å². The van der Waals surface area contributed by atoms with E-state index in [1.807, 2.05) is 48.1 Å². The van der Waals surface area contributed by atoms with Crippen molar-refractivity contribution in [3.63, 3.8) is 0 Å². The summed E-state index contributed by atoms with van der Waals surface area (Å²) in [4.78, 5) is 0. The van der Waals surface area contributed by atoms with Gasteiger partial charge in [-0.1, -0.05) is 0 Å². The van der Waals surface area contributed by atoms with Crippen molar-refractivity contribution in [2.24, 2.45) is 0 Å². The van der Waals surface area contributed by atoms with Gasteiger partial charge in [0.25, 0.3) is 0 Å². The molecule has 1 rings (SSSR count). The van der Waals surface area contributed by atoms with Gasteiger partial charge in [0.2, 0.25) is 0 Å². The van der Waals surface area contributed by atoms with Crippen molar-refractivity contribution in [2.75, 3.05) is 19.7 Å². The molecule has 120 valence electrons. The largest absolute Gasteiger partial charge is 0.498 e. The first-order valence-electron chi connectivity index (χ1n) is 7.53. The number of nitrogens with one attached hydrogen (secondary N) is 1. The Morgan fingerprint density at radius 2 is 1.70 bits per heavy atom. The van der Waals surface area contributed by atoms with Gasteiger partial charge in [0.05, 0.1) is 18.3 Å². The molecule has 1 aliphatic heterocycles. The van der Waals surface area contributed by atoms with E-state index in [0.29, 0.717) is 6.61 Å². The Hall–Kier alpha value is 0.0169. The molecule has 1 unspecified atom stereocenters. The van der Waals surface area contributed by atoms with Crippen LogP contribution in [0.5, 0.6) is 0 Å². The minimum Gasteiger partial charge on any atom is -0.373 e. The van der Waals surface area contributed by atoms with Gasteiger partial charge in [-0.05, 0) is 41.5 Å². The molecule has 0 aromatic rings. The maximum atomic E-state index is 6.32. The Morgan fingerprint density at radius 3 is 2.10 bits per heavy atom. The SMILES string of the molecule is CC(C)O[Si](C)(OC(C)C)OC(C)(C)C1CNCCO1.